The van der Waals surface area contributed by atoms with E-state index in [9.17, 15) is 14.4 Å². The molecule has 0 fully saturated rings. The van der Waals surface area contributed by atoms with Crippen molar-refractivity contribution in [3.8, 4) is 11.8 Å². The van der Waals surface area contributed by atoms with Crippen LogP contribution in [0.5, 0.6) is 0 Å². The first-order chi connectivity index (χ1) is 11.8. The number of carboxylic acids is 1. The third-order valence-corrected chi connectivity index (χ3v) is 3.33. The first-order valence-corrected chi connectivity index (χ1v) is 7.78. The normalized spacial score (nSPS) is 11.0. The van der Waals surface area contributed by atoms with Crippen LogP contribution in [0.1, 0.15) is 35.2 Å². The van der Waals surface area contributed by atoms with E-state index in [1.165, 1.54) is 11.0 Å². The molecule has 0 saturated heterocycles. The minimum atomic E-state index is -1.35. The van der Waals surface area contributed by atoms with Crippen molar-refractivity contribution in [1.29, 1.82) is 0 Å². The maximum Gasteiger partial charge on any atom is 0.328 e. The molecule has 0 aromatic heterocycles. The molecule has 2 amide bonds. The third kappa shape index (κ3) is 7.06. The van der Waals surface area contributed by atoms with Gasteiger partial charge in [0.05, 0.1) is 6.61 Å². The van der Waals surface area contributed by atoms with Crippen LogP contribution in [0.3, 0.4) is 0 Å². The molecule has 0 spiro atoms. The monoisotopic (exact) mass is 346 g/mol. The van der Waals surface area contributed by atoms with E-state index in [0.29, 0.717) is 24.8 Å². The Morgan fingerprint density at radius 3 is 2.60 bits per heavy atom. The summed E-state index contributed by atoms with van der Waals surface area (Å²) in [5, 5.41) is 20.0. The van der Waals surface area contributed by atoms with Crippen molar-refractivity contribution in [1.82, 2.24) is 10.2 Å². The first-order valence-electron chi connectivity index (χ1n) is 7.78. The van der Waals surface area contributed by atoms with Gasteiger partial charge in [-0.05, 0) is 24.6 Å². The summed E-state index contributed by atoms with van der Waals surface area (Å²) >= 11 is 0. The van der Waals surface area contributed by atoms with E-state index in [-0.39, 0.29) is 11.5 Å². The molecule has 0 heterocycles. The number of unbranched alkanes of at least 4 members (excludes halogenated alkanes) is 1. The number of rotatable bonds is 7. The van der Waals surface area contributed by atoms with Gasteiger partial charge in [0.25, 0.3) is 5.91 Å². The molecule has 0 bridgehead atoms. The molecule has 0 saturated carbocycles. The maximum absolute atomic E-state index is 12.0. The molecule has 0 aliphatic carbocycles. The van der Waals surface area contributed by atoms with Crippen molar-refractivity contribution in [2.24, 2.45) is 0 Å². The molecule has 134 valence electrons. The predicted octanol–water partition coefficient (Wildman–Crippen LogP) is 0.472. The molecule has 0 radical (unpaired) electrons. The van der Waals surface area contributed by atoms with Crippen LogP contribution in [-0.2, 0) is 9.59 Å². The largest absolute Gasteiger partial charge is 0.480 e. The lowest BCUT2D eigenvalue weighted by Crippen LogP contribution is -2.43. The minimum absolute atomic E-state index is 0.0531. The van der Waals surface area contributed by atoms with Crippen molar-refractivity contribution < 1.29 is 24.6 Å². The summed E-state index contributed by atoms with van der Waals surface area (Å²) in [6, 6.07) is 5.10. The number of aliphatic hydroxyl groups is 1. The van der Waals surface area contributed by atoms with Crippen molar-refractivity contribution in [2.45, 2.75) is 25.3 Å². The van der Waals surface area contributed by atoms with E-state index >= 15 is 0 Å². The van der Waals surface area contributed by atoms with E-state index in [1.54, 1.807) is 32.3 Å². The van der Waals surface area contributed by atoms with Gasteiger partial charge in [-0.25, -0.2) is 4.79 Å². The fourth-order valence-electron chi connectivity index (χ4n) is 1.88. The number of amides is 2. The molecule has 1 atom stereocenters. The summed E-state index contributed by atoms with van der Waals surface area (Å²) in [4.78, 5) is 35.8. The second kappa shape index (κ2) is 10.1. The zero-order chi connectivity index (χ0) is 18.8. The van der Waals surface area contributed by atoms with Gasteiger partial charge in [-0.1, -0.05) is 17.9 Å². The van der Waals surface area contributed by atoms with E-state index in [0.717, 1.165) is 0 Å². The van der Waals surface area contributed by atoms with Gasteiger partial charge in [0.2, 0.25) is 5.91 Å². The molecular formula is C18H22N2O5. The van der Waals surface area contributed by atoms with Crippen molar-refractivity contribution in [3.05, 3.63) is 35.4 Å². The highest BCUT2D eigenvalue weighted by molar-refractivity contribution is 5.96. The average Bonchev–Trinajstić information content (AvgIpc) is 2.58. The quantitative estimate of drug-likeness (QED) is 0.491. The molecule has 1 rings (SSSR count). The number of aliphatic carboxylic acids is 1. The molecule has 0 aliphatic rings. The zero-order valence-corrected chi connectivity index (χ0v) is 14.3. The fraction of sp³-hybridized carbons (Fsp3) is 0.389. The highest BCUT2D eigenvalue weighted by Gasteiger charge is 2.19. The maximum atomic E-state index is 12.0. The molecule has 0 aliphatic heterocycles. The molecule has 7 heteroatoms. The Hall–Kier alpha value is -2.85. The van der Waals surface area contributed by atoms with Gasteiger partial charge in [-0.15, -0.1) is 0 Å². The Kier molecular flexibility index (Phi) is 8.16. The van der Waals surface area contributed by atoms with Gasteiger partial charge in [-0.3, -0.25) is 9.59 Å². The van der Waals surface area contributed by atoms with E-state index < -0.39 is 24.5 Å². The smallest absolute Gasteiger partial charge is 0.328 e. The Labute approximate surface area is 146 Å². The lowest BCUT2D eigenvalue weighted by molar-refractivity contribution is -0.140. The van der Waals surface area contributed by atoms with Crippen LogP contribution in [0.25, 0.3) is 0 Å². The summed E-state index contributed by atoms with van der Waals surface area (Å²) in [5.41, 5.74) is 0.872. The van der Waals surface area contributed by atoms with Gasteiger partial charge in [-0.2, -0.15) is 0 Å². The summed E-state index contributed by atoms with van der Waals surface area (Å²) in [5.74, 6) is 4.01. The molecule has 1 aromatic carbocycles. The van der Waals surface area contributed by atoms with Crippen LogP contribution >= 0.6 is 0 Å². The number of hydrogen-bond acceptors (Lipinski definition) is 4. The predicted molar refractivity (Wildman–Crippen MR) is 91.8 cm³/mol. The number of hydrogen-bond donors (Lipinski definition) is 3. The lowest BCUT2D eigenvalue weighted by Gasteiger charge is -2.11. The number of aliphatic hydroxyl groups excluding tert-OH is 1. The highest BCUT2D eigenvalue weighted by Crippen LogP contribution is 2.05. The number of nitrogens with zero attached hydrogens (tertiary/aromatic N) is 1. The van der Waals surface area contributed by atoms with Crippen LogP contribution in [0, 0.1) is 11.8 Å². The van der Waals surface area contributed by atoms with Gasteiger partial charge in [0.1, 0.15) is 0 Å². The second-order valence-corrected chi connectivity index (χ2v) is 5.57. The molecule has 1 unspecified atom stereocenters. The molecule has 7 nitrogen and oxygen atoms in total. The fourth-order valence-corrected chi connectivity index (χ4v) is 1.88. The minimum Gasteiger partial charge on any atom is -0.480 e. The highest BCUT2D eigenvalue weighted by atomic mass is 16.4. The van der Waals surface area contributed by atoms with Crippen molar-refractivity contribution in [3.63, 3.8) is 0 Å². The number of carboxylic acid groups (broad SMARTS) is 1. The second-order valence-electron chi connectivity index (χ2n) is 5.57. The SMILES string of the molecule is CN(C)C(=O)CCCC#Cc1cccc(C(=O)NC(CO)C(=O)O)c1. The molecule has 1 aromatic rings. The number of nitrogens with one attached hydrogen (secondary N) is 1. The van der Waals surface area contributed by atoms with E-state index in [2.05, 4.69) is 17.2 Å². The standard InChI is InChI=1S/C18H22N2O5/c1-20(2)16(22)10-5-3-4-7-13-8-6-9-14(11-13)17(23)19-15(12-21)18(24)25/h6,8-9,11,15,21H,3,5,10,12H2,1-2H3,(H,19,23)(H,24,25). The van der Waals surface area contributed by atoms with Crippen LogP contribution in [0.4, 0.5) is 0 Å². The Balaban J connectivity index is 2.63. The van der Waals surface area contributed by atoms with Gasteiger partial charge >= 0.3 is 5.97 Å². The topological polar surface area (TPSA) is 107 Å². The van der Waals surface area contributed by atoms with Crippen molar-refractivity contribution >= 4 is 17.8 Å². The van der Waals surface area contributed by atoms with Crippen LogP contribution in [-0.4, -0.2) is 59.6 Å². The van der Waals surface area contributed by atoms with Crippen LogP contribution in [0.2, 0.25) is 0 Å². The molecule has 25 heavy (non-hydrogen) atoms. The molecular weight excluding hydrogens is 324 g/mol. The van der Waals surface area contributed by atoms with Gasteiger partial charge < -0.3 is 20.4 Å². The molecule has 3 N–H and O–H groups in total. The number of carbonyl (C=O) groups excluding carboxylic acids is 2. The average molecular weight is 346 g/mol. The Morgan fingerprint density at radius 1 is 1.28 bits per heavy atom. The summed E-state index contributed by atoms with van der Waals surface area (Å²) in [7, 11) is 3.41. The van der Waals surface area contributed by atoms with Crippen LogP contribution in [0.15, 0.2) is 24.3 Å². The Morgan fingerprint density at radius 2 is 2.00 bits per heavy atom. The summed E-state index contributed by atoms with van der Waals surface area (Å²) in [6.45, 7) is -0.688. The van der Waals surface area contributed by atoms with E-state index in [1.807, 2.05) is 0 Å². The van der Waals surface area contributed by atoms with Gasteiger partial charge in [0, 0.05) is 38.1 Å². The summed E-state index contributed by atoms with van der Waals surface area (Å²) < 4.78 is 0. The third-order valence-electron chi connectivity index (χ3n) is 3.33. The lowest BCUT2D eigenvalue weighted by atomic mass is 10.1. The summed E-state index contributed by atoms with van der Waals surface area (Å²) in [6.07, 6.45) is 1.64. The van der Waals surface area contributed by atoms with E-state index in [4.69, 9.17) is 10.2 Å². The first kappa shape index (κ1) is 20.2. The van der Waals surface area contributed by atoms with Crippen LogP contribution < -0.4 is 5.32 Å². The van der Waals surface area contributed by atoms with Gasteiger partial charge in [0.15, 0.2) is 6.04 Å². The van der Waals surface area contributed by atoms with Crippen molar-refractivity contribution in [2.75, 3.05) is 20.7 Å². The zero-order valence-electron chi connectivity index (χ0n) is 14.3. The number of carbonyl (C=O) groups is 3. The number of benzene rings is 1. The Bertz CT molecular complexity index is 688.